The molecule has 1 saturated heterocycles. The molecule has 2 rings (SSSR count). The maximum absolute atomic E-state index is 12.7. The summed E-state index contributed by atoms with van der Waals surface area (Å²) in [6.07, 6.45) is 2.75. The van der Waals surface area contributed by atoms with Gasteiger partial charge in [-0.3, -0.25) is 0 Å². The largest absolute Gasteiger partial charge is 0.392 e. The van der Waals surface area contributed by atoms with Crippen molar-refractivity contribution >= 4 is 21.6 Å². The summed E-state index contributed by atoms with van der Waals surface area (Å²) in [5, 5.41) is 9.62. The maximum atomic E-state index is 12.7. The molecule has 0 saturated carbocycles. The predicted molar refractivity (Wildman–Crippen MR) is 83.8 cm³/mol. The Morgan fingerprint density at radius 3 is 2.67 bits per heavy atom. The van der Waals surface area contributed by atoms with Gasteiger partial charge in [0, 0.05) is 18.1 Å². The van der Waals surface area contributed by atoms with Crippen LogP contribution in [0.15, 0.2) is 23.1 Å². The lowest BCUT2D eigenvalue weighted by Gasteiger charge is -2.23. The highest BCUT2D eigenvalue weighted by Gasteiger charge is 2.30. The molecule has 0 atom stereocenters. The van der Waals surface area contributed by atoms with Crippen LogP contribution < -0.4 is 0 Å². The van der Waals surface area contributed by atoms with Gasteiger partial charge in [0.2, 0.25) is 10.0 Å². The molecule has 1 aromatic rings. The van der Waals surface area contributed by atoms with Crippen LogP contribution in [0.4, 0.5) is 0 Å². The number of halogens is 1. The maximum Gasteiger partial charge on any atom is 0.243 e. The van der Waals surface area contributed by atoms with Crippen molar-refractivity contribution in [1.82, 2.24) is 4.31 Å². The minimum absolute atomic E-state index is 0.181. The van der Waals surface area contributed by atoms with Gasteiger partial charge in [-0.15, -0.1) is 0 Å². The van der Waals surface area contributed by atoms with E-state index < -0.39 is 10.0 Å². The lowest BCUT2D eigenvalue weighted by molar-refractivity contribution is 0.281. The molecule has 1 heterocycles. The molecule has 1 N–H and O–H groups in total. The molecule has 0 unspecified atom stereocenters. The SMILES string of the molecule is CC1(C)CCCN(S(=O)(=O)c2ccc(Cl)c(CO)c2)CC1. The van der Waals surface area contributed by atoms with Crippen LogP contribution in [0.1, 0.15) is 38.7 Å². The van der Waals surface area contributed by atoms with Gasteiger partial charge in [0.1, 0.15) is 0 Å². The highest BCUT2D eigenvalue weighted by atomic mass is 35.5. The first-order chi connectivity index (χ1) is 9.76. The molecule has 0 aliphatic carbocycles. The minimum Gasteiger partial charge on any atom is -0.392 e. The summed E-state index contributed by atoms with van der Waals surface area (Å²) in [6.45, 7) is 5.16. The van der Waals surface area contributed by atoms with Crippen LogP contribution in [-0.2, 0) is 16.6 Å². The lowest BCUT2D eigenvalue weighted by atomic mass is 9.85. The van der Waals surface area contributed by atoms with E-state index in [-0.39, 0.29) is 16.9 Å². The van der Waals surface area contributed by atoms with Crippen molar-refractivity contribution in [3.05, 3.63) is 28.8 Å². The Labute approximate surface area is 131 Å². The zero-order valence-corrected chi connectivity index (χ0v) is 14.0. The number of nitrogens with zero attached hydrogens (tertiary/aromatic N) is 1. The average Bonchev–Trinajstić information content (AvgIpc) is 2.60. The second-order valence-corrected chi connectivity index (χ2v) is 8.68. The Bertz CT molecular complexity index is 613. The smallest absolute Gasteiger partial charge is 0.243 e. The first-order valence-electron chi connectivity index (χ1n) is 7.16. The molecule has 6 heteroatoms. The molecule has 0 spiro atoms. The molecular weight excluding hydrogens is 310 g/mol. The van der Waals surface area contributed by atoms with Gasteiger partial charge >= 0.3 is 0 Å². The fourth-order valence-corrected chi connectivity index (χ4v) is 4.33. The Morgan fingerprint density at radius 2 is 2.00 bits per heavy atom. The normalized spacial score (nSPS) is 20.2. The highest BCUT2D eigenvalue weighted by Crippen LogP contribution is 2.32. The molecule has 21 heavy (non-hydrogen) atoms. The zero-order valence-electron chi connectivity index (χ0n) is 12.5. The third-order valence-electron chi connectivity index (χ3n) is 4.12. The van der Waals surface area contributed by atoms with Gasteiger partial charge < -0.3 is 5.11 Å². The van der Waals surface area contributed by atoms with Gasteiger partial charge in [0.15, 0.2) is 0 Å². The van der Waals surface area contributed by atoms with E-state index in [2.05, 4.69) is 13.8 Å². The number of rotatable bonds is 3. The number of sulfonamides is 1. The number of aliphatic hydroxyl groups excluding tert-OH is 1. The van der Waals surface area contributed by atoms with Gasteiger partial charge in [0.05, 0.1) is 11.5 Å². The molecule has 4 nitrogen and oxygen atoms in total. The summed E-state index contributed by atoms with van der Waals surface area (Å²) in [4.78, 5) is 0.204. The fourth-order valence-electron chi connectivity index (χ4n) is 2.62. The number of benzene rings is 1. The van der Waals surface area contributed by atoms with E-state index in [1.807, 2.05) is 0 Å². The zero-order chi connectivity index (χ0) is 15.7. The molecule has 1 aromatic carbocycles. The van der Waals surface area contributed by atoms with Crippen LogP contribution in [0.3, 0.4) is 0 Å². The van der Waals surface area contributed by atoms with E-state index in [0.717, 1.165) is 19.3 Å². The summed E-state index contributed by atoms with van der Waals surface area (Å²) in [7, 11) is -3.52. The number of hydrogen-bond donors (Lipinski definition) is 1. The second kappa shape index (κ2) is 6.24. The van der Waals surface area contributed by atoms with Crippen molar-refractivity contribution in [3.63, 3.8) is 0 Å². The third kappa shape index (κ3) is 3.77. The van der Waals surface area contributed by atoms with Gasteiger partial charge in [-0.05, 0) is 48.4 Å². The van der Waals surface area contributed by atoms with Gasteiger partial charge in [-0.1, -0.05) is 25.4 Å². The van der Waals surface area contributed by atoms with Gasteiger partial charge in [-0.25, -0.2) is 8.42 Å². The summed E-state index contributed by atoms with van der Waals surface area (Å²) in [5.41, 5.74) is 0.619. The fraction of sp³-hybridized carbons (Fsp3) is 0.600. The van der Waals surface area contributed by atoms with Crippen LogP contribution in [0, 0.1) is 5.41 Å². The van der Waals surface area contributed by atoms with Crippen LogP contribution in [0.25, 0.3) is 0 Å². The van der Waals surface area contributed by atoms with E-state index >= 15 is 0 Å². The lowest BCUT2D eigenvalue weighted by Crippen LogP contribution is -2.32. The van der Waals surface area contributed by atoms with Crippen molar-refractivity contribution < 1.29 is 13.5 Å². The van der Waals surface area contributed by atoms with Crippen molar-refractivity contribution in [2.45, 2.75) is 44.6 Å². The Balaban J connectivity index is 2.29. The summed E-state index contributed by atoms with van der Waals surface area (Å²) in [5.74, 6) is 0. The summed E-state index contributed by atoms with van der Waals surface area (Å²) in [6, 6.07) is 4.50. The molecule has 0 amide bonds. The van der Waals surface area contributed by atoms with E-state index in [4.69, 9.17) is 11.6 Å². The highest BCUT2D eigenvalue weighted by molar-refractivity contribution is 7.89. The van der Waals surface area contributed by atoms with E-state index in [1.165, 1.54) is 18.2 Å². The standard InChI is InChI=1S/C15H22ClNO3S/c1-15(2)6-3-8-17(9-7-15)21(19,20)13-4-5-14(16)12(10-13)11-18/h4-5,10,18H,3,6-9,11H2,1-2H3. The first kappa shape index (κ1) is 16.7. The molecular formula is C15H22ClNO3S. The van der Waals surface area contributed by atoms with Crippen molar-refractivity contribution in [3.8, 4) is 0 Å². The molecule has 0 aromatic heterocycles. The van der Waals surface area contributed by atoms with Crippen molar-refractivity contribution in [2.75, 3.05) is 13.1 Å². The molecule has 118 valence electrons. The van der Waals surface area contributed by atoms with Crippen molar-refractivity contribution in [1.29, 1.82) is 0 Å². The average molecular weight is 332 g/mol. The van der Waals surface area contributed by atoms with Crippen LogP contribution in [0.2, 0.25) is 5.02 Å². The number of aliphatic hydroxyl groups is 1. The van der Waals surface area contributed by atoms with E-state index in [9.17, 15) is 13.5 Å². The minimum atomic E-state index is -3.52. The predicted octanol–water partition coefficient (Wildman–Crippen LogP) is 3.03. The van der Waals surface area contributed by atoms with Crippen LogP contribution in [0.5, 0.6) is 0 Å². The molecule has 1 aliphatic rings. The quantitative estimate of drug-likeness (QED) is 0.926. The Morgan fingerprint density at radius 1 is 1.29 bits per heavy atom. The molecule has 0 radical (unpaired) electrons. The van der Waals surface area contributed by atoms with E-state index in [0.29, 0.717) is 23.7 Å². The Hall–Kier alpha value is -0.620. The van der Waals surface area contributed by atoms with E-state index in [1.54, 1.807) is 4.31 Å². The summed E-state index contributed by atoms with van der Waals surface area (Å²) >= 11 is 5.93. The van der Waals surface area contributed by atoms with Crippen LogP contribution in [-0.4, -0.2) is 30.9 Å². The first-order valence-corrected chi connectivity index (χ1v) is 8.97. The molecule has 0 bridgehead atoms. The van der Waals surface area contributed by atoms with Crippen molar-refractivity contribution in [2.24, 2.45) is 5.41 Å². The topological polar surface area (TPSA) is 57.6 Å². The monoisotopic (exact) mass is 331 g/mol. The van der Waals surface area contributed by atoms with Gasteiger partial charge in [-0.2, -0.15) is 4.31 Å². The molecule has 1 aliphatic heterocycles. The third-order valence-corrected chi connectivity index (χ3v) is 6.39. The summed E-state index contributed by atoms with van der Waals surface area (Å²) < 4.78 is 27.0. The molecule has 1 fully saturated rings. The Kier molecular flexibility index (Phi) is 4.98. The number of hydrogen-bond acceptors (Lipinski definition) is 3. The van der Waals surface area contributed by atoms with Gasteiger partial charge in [0.25, 0.3) is 0 Å². The second-order valence-electron chi connectivity index (χ2n) is 6.33. The van der Waals surface area contributed by atoms with Crippen LogP contribution >= 0.6 is 11.6 Å².